The van der Waals surface area contributed by atoms with Gasteiger partial charge in [-0.25, -0.2) is 0 Å². The second-order valence-corrected chi connectivity index (χ2v) is 8.77. The molecule has 0 spiro atoms. The van der Waals surface area contributed by atoms with Crippen molar-refractivity contribution in [2.75, 3.05) is 13.1 Å². The van der Waals surface area contributed by atoms with Gasteiger partial charge in [0.2, 0.25) is 11.8 Å². The van der Waals surface area contributed by atoms with Gasteiger partial charge in [-0.05, 0) is 37.3 Å². The van der Waals surface area contributed by atoms with Crippen molar-refractivity contribution < 1.29 is 14.4 Å². The van der Waals surface area contributed by atoms with Crippen molar-refractivity contribution in [2.24, 2.45) is 11.8 Å². The van der Waals surface area contributed by atoms with Crippen LogP contribution in [0.5, 0.6) is 0 Å². The summed E-state index contributed by atoms with van der Waals surface area (Å²) in [6.45, 7) is 2.64. The topological polar surface area (TPSA) is 127 Å². The SMILES string of the molecule is CC1CC1.N#CC(CC1CCCNC1=O)NC(=O)CNC(=O)c1cc2cccc(Cl)c2[nH]1. The number of fused-ring (bicyclic) bond motifs is 1. The molecule has 0 radical (unpaired) electrons. The standard InChI is InChI=1S/C19H20ClN5O3.C4H8/c20-14-5-1-3-11-8-15(25-17(11)14)19(28)23-10-16(26)24-13(9-21)7-12-4-2-6-22-18(12)27;1-4-2-3-4/h1,3,5,8,12-13,25H,2,4,6-7,10H2,(H,22,27)(H,23,28)(H,24,26);4H,2-3H2,1H3. The van der Waals surface area contributed by atoms with Gasteiger partial charge in [-0.1, -0.05) is 43.5 Å². The van der Waals surface area contributed by atoms with E-state index in [4.69, 9.17) is 11.6 Å². The van der Waals surface area contributed by atoms with Crippen molar-refractivity contribution >= 4 is 40.2 Å². The molecule has 0 bridgehead atoms. The van der Waals surface area contributed by atoms with Crippen LogP contribution in [0.2, 0.25) is 5.02 Å². The van der Waals surface area contributed by atoms with E-state index in [0.29, 0.717) is 23.5 Å². The number of para-hydroxylation sites is 1. The molecule has 32 heavy (non-hydrogen) atoms. The van der Waals surface area contributed by atoms with Crippen molar-refractivity contribution in [3.8, 4) is 6.07 Å². The first kappa shape index (κ1) is 23.6. The summed E-state index contributed by atoms with van der Waals surface area (Å²) in [4.78, 5) is 39.1. The summed E-state index contributed by atoms with van der Waals surface area (Å²) in [6.07, 6.45) is 4.77. The molecule has 1 aromatic heterocycles. The zero-order valence-electron chi connectivity index (χ0n) is 18.0. The number of benzene rings is 1. The third-order valence-corrected chi connectivity index (χ3v) is 5.85. The van der Waals surface area contributed by atoms with Crippen LogP contribution in [0.15, 0.2) is 24.3 Å². The summed E-state index contributed by atoms with van der Waals surface area (Å²) in [5.74, 6) is -0.247. The Labute approximate surface area is 192 Å². The number of carbonyl (C=O) groups excluding carboxylic acids is 3. The fourth-order valence-electron chi connectivity index (χ4n) is 3.40. The molecule has 9 heteroatoms. The van der Waals surface area contributed by atoms with E-state index in [1.807, 2.05) is 12.1 Å². The van der Waals surface area contributed by atoms with Gasteiger partial charge < -0.3 is 20.9 Å². The number of nitrogens with one attached hydrogen (secondary N) is 4. The molecule has 2 unspecified atom stereocenters. The minimum atomic E-state index is -0.787. The second kappa shape index (κ2) is 11.0. The van der Waals surface area contributed by atoms with Crippen LogP contribution >= 0.6 is 11.6 Å². The summed E-state index contributed by atoms with van der Waals surface area (Å²) in [5.41, 5.74) is 0.931. The molecule has 8 nitrogen and oxygen atoms in total. The minimum absolute atomic E-state index is 0.0912. The molecule has 2 aliphatic rings. The molecule has 1 aliphatic heterocycles. The van der Waals surface area contributed by atoms with Crippen LogP contribution in [0.25, 0.3) is 10.9 Å². The Bertz CT molecular complexity index is 1020. The summed E-state index contributed by atoms with van der Waals surface area (Å²) < 4.78 is 0. The highest BCUT2D eigenvalue weighted by molar-refractivity contribution is 6.35. The van der Waals surface area contributed by atoms with Gasteiger partial charge >= 0.3 is 0 Å². The number of hydrogen-bond donors (Lipinski definition) is 4. The molecule has 2 fully saturated rings. The van der Waals surface area contributed by atoms with E-state index < -0.39 is 17.9 Å². The molecular weight excluding hydrogens is 430 g/mol. The number of aromatic amines is 1. The molecule has 2 heterocycles. The Morgan fingerprint density at radius 3 is 2.69 bits per heavy atom. The molecule has 1 aromatic carbocycles. The van der Waals surface area contributed by atoms with E-state index in [0.717, 1.165) is 17.7 Å². The van der Waals surface area contributed by atoms with E-state index in [2.05, 4.69) is 27.9 Å². The van der Waals surface area contributed by atoms with Gasteiger partial charge in [0, 0.05) is 17.8 Å². The molecule has 4 rings (SSSR count). The molecule has 3 amide bonds. The summed E-state index contributed by atoms with van der Waals surface area (Å²) in [6, 6.07) is 8.17. The lowest BCUT2D eigenvalue weighted by Gasteiger charge is -2.23. The molecule has 1 saturated heterocycles. The van der Waals surface area contributed by atoms with Crippen molar-refractivity contribution in [3.63, 3.8) is 0 Å². The average molecular weight is 458 g/mol. The van der Waals surface area contributed by atoms with Gasteiger partial charge in [-0.2, -0.15) is 5.26 Å². The quantitative estimate of drug-likeness (QED) is 0.531. The van der Waals surface area contributed by atoms with E-state index in [9.17, 15) is 19.6 Å². The van der Waals surface area contributed by atoms with Gasteiger partial charge in [0.15, 0.2) is 0 Å². The van der Waals surface area contributed by atoms with E-state index in [1.54, 1.807) is 18.2 Å². The Balaban J connectivity index is 0.000000650. The number of carbonyl (C=O) groups is 3. The molecule has 1 saturated carbocycles. The smallest absolute Gasteiger partial charge is 0.268 e. The molecular formula is C23H28ClN5O3. The zero-order chi connectivity index (χ0) is 23.1. The third-order valence-electron chi connectivity index (χ3n) is 5.54. The predicted molar refractivity (Wildman–Crippen MR) is 122 cm³/mol. The number of hydrogen-bond acceptors (Lipinski definition) is 4. The zero-order valence-corrected chi connectivity index (χ0v) is 18.8. The van der Waals surface area contributed by atoms with Crippen molar-refractivity contribution in [3.05, 3.63) is 35.0 Å². The summed E-state index contributed by atoms with van der Waals surface area (Å²) in [7, 11) is 0. The van der Waals surface area contributed by atoms with Crippen LogP contribution in [-0.2, 0) is 9.59 Å². The average Bonchev–Trinajstić information content (AvgIpc) is 3.43. The third kappa shape index (κ3) is 6.72. The fourth-order valence-corrected chi connectivity index (χ4v) is 3.63. The monoisotopic (exact) mass is 457 g/mol. The van der Waals surface area contributed by atoms with E-state index >= 15 is 0 Å². The maximum atomic E-state index is 12.3. The number of rotatable bonds is 6. The highest BCUT2D eigenvalue weighted by Crippen LogP contribution is 2.26. The molecule has 1 aliphatic carbocycles. The van der Waals surface area contributed by atoms with E-state index in [-0.39, 0.29) is 30.5 Å². The lowest BCUT2D eigenvalue weighted by molar-refractivity contribution is -0.127. The summed E-state index contributed by atoms with van der Waals surface area (Å²) in [5, 5.41) is 18.4. The Kier molecular flexibility index (Phi) is 8.12. The number of nitrogens with zero attached hydrogens (tertiary/aromatic N) is 1. The number of amides is 3. The first-order valence-corrected chi connectivity index (χ1v) is 11.3. The minimum Gasteiger partial charge on any atom is -0.356 e. The highest BCUT2D eigenvalue weighted by atomic mass is 35.5. The summed E-state index contributed by atoms with van der Waals surface area (Å²) >= 11 is 6.08. The second-order valence-electron chi connectivity index (χ2n) is 8.37. The van der Waals surface area contributed by atoms with Crippen LogP contribution in [0.4, 0.5) is 0 Å². The van der Waals surface area contributed by atoms with Crippen molar-refractivity contribution in [1.82, 2.24) is 20.9 Å². The number of aromatic nitrogens is 1. The first-order valence-electron chi connectivity index (χ1n) is 10.9. The first-order chi connectivity index (χ1) is 15.4. The predicted octanol–water partition coefficient (Wildman–Crippen LogP) is 2.89. The van der Waals surface area contributed by atoms with E-state index in [1.165, 1.54) is 12.8 Å². The highest BCUT2D eigenvalue weighted by Gasteiger charge is 2.26. The molecule has 2 aromatic rings. The van der Waals surface area contributed by atoms with Gasteiger partial charge in [0.05, 0.1) is 23.2 Å². The van der Waals surface area contributed by atoms with Crippen LogP contribution in [-0.4, -0.2) is 41.8 Å². The van der Waals surface area contributed by atoms with Crippen LogP contribution in [0.1, 0.15) is 49.5 Å². The molecule has 170 valence electrons. The molecule has 4 N–H and O–H groups in total. The number of H-pyrrole nitrogens is 1. The van der Waals surface area contributed by atoms with Gasteiger partial charge in [0.1, 0.15) is 11.7 Å². The lowest BCUT2D eigenvalue weighted by atomic mass is 9.92. The number of halogens is 1. The van der Waals surface area contributed by atoms with Gasteiger partial charge in [-0.15, -0.1) is 0 Å². The fraction of sp³-hybridized carbons (Fsp3) is 0.478. The maximum absolute atomic E-state index is 12.3. The Hall–Kier alpha value is -3.05. The maximum Gasteiger partial charge on any atom is 0.268 e. The number of nitriles is 1. The Morgan fingerprint density at radius 1 is 1.31 bits per heavy atom. The number of piperidine rings is 1. The Morgan fingerprint density at radius 2 is 2.06 bits per heavy atom. The van der Waals surface area contributed by atoms with Gasteiger partial charge in [0.25, 0.3) is 5.91 Å². The lowest BCUT2D eigenvalue weighted by Crippen LogP contribution is -2.44. The van der Waals surface area contributed by atoms with Crippen LogP contribution < -0.4 is 16.0 Å². The normalized spacial score (nSPS) is 18.5. The van der Waals surface area contributed by atoms with Crippen LogP contribution in [0.3, 0.4) is 0 Å². The largest absolute Gasteiger partial charge is 0.356 e. The van der Waals surface area contributed by atoms with Crippen LogP contribution in [0, 0.1) is 23.2 Å². The molecule has 2 atom stereocenters. The van der Waals surface area contributed by atoms with Crippen molar-refractivity contribution in [1.29, 1.82) is 5.26 Å². The van der Waals surface area contributed by atoms with Gasteiger partial charge in [-0.3, -0.25) is 14.4 Å². The van der Waals surface area contributed by atoms with Crippen molar-refractivity contribution in [2.45, 2.75) is 45.1 Å².